The molecule has 2 N–H and O–H groups in total. The molecule has 1 atom stereocenters. The third kappa shape index (κ3) is 2.50. The fourth-order valence-corrected chi connectivity index (χ4v) is 0.158. The van der Waals surface area contributed by atoms with Gasteiger partial charge >= 0.3 is 0 Å². The molecule has 0 amide bonds. The fraction of sp³-hybridized carbons (Fsp3) is 1.00. The zero-order valence-corrected chi connectivity index (χ0v) is 4.11. The van der Waals surface area contributed by atoms with Gasteiger partial charge in [0.2, 0.25) is 0 Å². The van der Waals surface area contributed by atoms with Crippen molar-refractivity contribution in [2.75, 3.05) is 12.4 Å². The second kappa shape index (κ2) is 3.46. The third-order valence-electron chi connectivity index (χ3n) is 0.403. The predicted octanol–water partition coefficient (Wildman–Crippen LogP) is -0.463. The molecule has 0 aromatic carbocycles. The van der Waals surface area contributed by atoms with E-state index in [2.05, 4.69) is 12.6 Å². The smallest absolute Gasteiger partial charge is 0.0869 e. The minimum atomic E-state index is -0.694. The number of aliphatic hydroxyl groups excluding tert-OH is 2. The summed E-state index contributed by atoms with van der Waals surface area (Å²) in [4.78, 5) is 0. The summed E-state index contributed by atoms with van der Waals surface area (Å²) in [7, 11) is 0. The van der Waals surface area contributed by atoms with Crippen LogP contribution in [0.5, 0.6) is 0 Å². The topological polar surface area (TPSA) is 40.5 Å². The molecule has 3 heteroatoms. The van der Waals surface area contributed by atoms with Crippen molar-refractivity contribution in [3.05, 3.63) is 0 Å². The highest BCUT2D eigenvalue weighted by atomic mass is 32.1. The van der Waals surface area contributed by atoms with Crippen molar-refractivity contribution in [2.24, 2.45) is 0 Å². The first-order valence-electron chi connectivity index (χ1n) is 1.68. The van der Waals surface area contributed by atoms with Crippen molar-refractivity contribution >= 4 is 12.6 Å². The molecule has 0 spiro atoms. The van der Waals surface area contributed by atoms with Gasteiger partial charge in [-0.1, -0.05) is 12.6 Å². The molecule has 0 fully saturated rings. The lowest BCUT2D eigenvalue weighted by molar-refractivity contribution is 0.114. The molecule has 0 aliphatic rings. The summed E-state index contributed by atoms with van der Waals surface area (Å²) in [6, 6.07) is 0. The van der Waals surface area contributed by atoms with E-state index in [9.17, 15) is 0 Å². The van der Waals surface area contributed by atoms with Crippen LogP contribution in [0.25, 0.3) is 0 Å². The molecule has 0 heterocycles. The molecule has 0 saturated heterocycles. The van der Waals surface area contributed by atoms with Crippen LogP contribution in [0.2, 0.25) is 0 Å². The van der Waals surface area contributed by atoms with Gasteiger partial charge in [-0.3, -0.25) is 0 Å². The van der Waals surface area contributed by atoms with E-state index in [1.807, 2.05) is 0 Å². The molecule has 0 saturated carbocycles. The minimum Gasteiger partial charge on any atom is -0.394 e. The van der Waals surface area contributed by atoms with Gasteiger partial charge in [0, 0.05) is 5.75 Å². The van der Waals surface area contributed by atoms with Crippen molar-refractivity contribution in [2.45, 2.75) is 6.10 Å². The van der Waals surface area contributed by atoms with Crippen LogP contribution < -0.4 is 0 Å². The molecule has 0 unspecified atom stereocenters. The van der Waals surface area contributed by atoms with Crippen LogP contribution in [-0.4, -0.2) is 28.7 Å². The molecule has 0 aliphatic heterocycles. The van der Waals surface area contributed by atoms with E-state index in [1.165, 1.54) is 0 Å². The summed E-state index contributed by atoms with van der Waals surface area (Å²) in [6.45, 7) is -0.219. The average molecular weight is 107 g/mol. The Morgan fingerprint density at radius 1 is 1.67 bits per heavy atom. The van der Waals surface area contributed by atoms with E-state index in [4.69, 9.17) is 10.2 Å². The number of hydrogen-bond donors (Lipinski definition) is 2. The Hall–Kier alpha value is 0.270. The summed E-state index contributed by atoms with van der Waals surface area (Å²) in [5, 5.41) is 16.3. The van der Waals surface area contributed by atoms with Crippen molar-refractivity contribution in [1.29, 1.82) is 0 Å². The molecule has 1 radical (unpaired) electrons. The van der Waals surface area contributed by atoms with Crippen LogP contribution in [0.1, 0.15) is 0 Å². The lowest BCUT2D eigenvalue weighted by Crippen LogP contribution is -2.12. The molecule has 0 aromatic rings. The minimum absolute atomic E-state index is 0.219. The van der Waals surface area contributed by atoms with E-state index in [-0.39, 0.29) is 12.4 Å². The van der Waals surface area contributed by atoms with Gasteiger partial charge in [0.15, 0.2) is 0 Å². The molecule has 6 heavy (non-hydrogen) atoms. The lowest BCUT2D eigenvalue weighted by atomic mass is 10.4. The summed E-state index contributed by atoms with van der Waals surface area (Å²) >= 11 is 4.36. The highest BCUT2D eigenvalue weighted by Gasteiger charge is 1.93. The fourth-order valence-electron chi connectivity index (χ4n) is 0.0527. The second-order valence-corrected chi connectivity index (χ2v) is 1.34. The normalized spacial score (nSPS) is 14.5. The zero-order valence-electron chi connectivity index (χ0n) is 3.29. The Labute approximate surface area is 42.2 Å². The van der Waals surface area contributed by atoms with Gasteiger partial charge in [0.1, 0.15) is 0 Å². The lowest BCUT2D eigenvalue weighted by Gasteiger charge is -1.96. The average Bonchev–Trinajstić information content (AvgIpc) is 1.65. The van der Waals surface area contributed by atoms with E-state index in [0.717, 1.165) is 0 Å². The van der Waals surface area contributed by atoms with Crippen LogP contribution >= 0.6 is 12.6 Å². The van der Waals surface area contributed by atoms with Gasteiger partial charge in [0.25, 0.3) is 0 Å². The van der Waals surface area contributed by atoms with Gasteiger partial charge < -0.3 is 10.2 Å². The van der Waals surface area contributed by atoms with Crippen LogP contribution in [0.4, 0.5) is 0 Å². The van der Waals surface area contributed by atoms with E-state index in [0.29, 0.717) is 0 Å². The van der Waals surface area contributed by atoms with Gasteiger partial charge in [-0.15, -0.1) is 0 Å². The maximum atomic E-state index is 8.31. The highest BCUT2D eigenvalue weighted by molar-refractivity contribution is 7.80. The molecule has 0 aliphatic carbocycles. The highest BCUT2D eigenvalue weighted by Crippen LogP contribution is 1.81. The van der Waals surface area contributed by atoms with Crippen molar-refractivity contribution in [3.63, 3.8) is 0 Å². The summed E-state index contributed by atoms with van der Waals surface area (Å²) in [5.41, 5.74) is 0. The van der Waals surface area contributed by atoms with Gasteiger partial charge in [0.05, 0.1) is 12.7 Å². The molecular formula is C3H7O2S. The Morgan fingerprint density at radius 3 is 2.17 bits per heavy atom. The summed E-state index contributed by atoms with van der Waals surface area (Å²) < 4.78 is 0. The van der Waals surface area contributed by atoms with Crippen LogP contribution in [0, 0.1) is 0 Å². The number of hydrogen-bond acceptors (Lipinski definition) is 2. The Bertz CT molecular complexity index is 28.0. The zero-order chi connectivity index (χ0) is 4.99. The Balaban J connectivity index is 2.75. The molecule has 0 bridgehead atoms. The number of rotatable bonds is 2. The molecule has 37 valence electrons. The quantitative estimate of drug-likeness (QED) is 0.501. The SMILES string of the molecule is OC[C@H](O)C[S]. The van der Waals surface area contributed by atoms with E-state index in [1.54, 1.807) is 0 Å². The number of aliphatic hydroxyl groups is 2. The first-order valence-corrected chi connectivity index (χ1v) is 2.26. The molecule has 0 aromatic heterocycles. The van der Waals surface area contributed by atoms with Crippen molar-refractivity contribution < 1.29 is 10.2 Å². The first kappa shape index (κ1) is 6.27. The Morgan fingerprint density at radius 2 is 2.17 bits per heavy atom. The molecule has 0 rings (SSSR count). The maximum Gasteiger partial charge on any atom is 0.0869 e. The first-order chi connectivity index (χ1) is 2.81. The predicted molar refractivity (Wildman–Crippen MR) is 25.6 cm³/mol. The molecule has 2 nitrogen and oxygen atoms in total. The van der Waals surface area contributed by atoms with E-state index >= 15 is 0 Å². The van der Waals surface area contributed by atoms with Gasteiger partial charge in [-0.2, -0.15) is 0 Å². The van der Waals surface area contributed by atoms with Crippen molar-refractivity contribution in [1.82, 2.24) is 0 Å². The van der Waals surface area contributed by atoms with Gasteiger partial charge in [-0.05, 0) is 0 Å². The monoisotopic (exact) mass is 107 g/mol. The second-order valence-electron chi connectivity index (χ2n) is 1.00. The van der Waals surface area contributed by atoms with Crippen LogP contribution in [-0.2, 0) is 0 Å². The molecular weight excluding hydrogens is 100 g/mol. The largest absolute Gasteiger partial charge is 0.394 e. The van der Waals surface area contributed by atoms with Crippen LogP contribution in [0.15, 0.2) is 0 Å². The standard InChI is InChI=1S/C3H7O2S/c4-1-3(5)2-6/h3-5H,1-2H2/t3-/m0/s1. The van der Waals surface area contributed by atoms with E-state index < -0.39 is 6.10 Å². The summed E-state index contributed by atoms with van der Waals surface area (Å²) in [6.07, 6.45) is -0.694. The van der Waals surface area contributed by atoms with Crippen molar-refractivity contribution in [3.8, 4) is 0 Å². The summed E-state index contributed by atoms with van der Waals surface area (Å²) in [5.74, 6) is 0.219. The van der Waals surface area contributed by atoms with Gasteiger partial charge in [-0.25, -0.2) is 0 Å². The maximum absolute atomic E-state index is 8.31. The third-order valence-corrected chi connectivity index (χ3v) is 0.788. The Kier molecular flexibility index (Phi) is 3.62. The van der Waals surface area contributed by atoms with Crippen LogP contribution in [0.3, 0.4) is 0 Å².